The van der Waals surface area contributed by atoms with Gasteiger partial charge in [0.1, 0.15) is 5.75 Å². The van der Waals surface area contributed by atoms with Crippen molar-refractivity contribution in [1.29, 1.82) is 0 Å². The first kappa shape index (κ1) is 15.7. The molecule has 0 bridgehead atoms. The summed E-state index contributed by atoms with van der Waals surface area (Å²) in [5.41, 5.74) is 0.699. The molecule has 0 aliphatic rings. The summed E-state index contributed by atoms with van der Waals surface area (Å²) in [6, 6.07) is 6.44. The van der Waals surface area contributed by atoms with Crippen LogP contribution in [0.5, 0.6) is 5.75 Å². The van der Waals surface area contributed by atoms with E-state index < -0.39 is 0 Å². The van der Waals surface area contributed by atoms with Crippen LogP contribution in [-0.2, 0) is 0 Å². The number of benzene rings is 1. The molecule has 0 aliphatic heterocycles. The third kappa shape index (κ3) is 4.72. The number of phenolic OH excluding ortho intramolecular Hbond substituents is 1. The van der Waals surface area contributed by atoms with Gasteiger partial charge in [-0.25, -0.2) is 0 Å². The zero-order valence-corrected chi connectivity index (χ0v) is 11.8. The zero-order valence-electron chi connectivity index (χ0n) is 11.8. The summed E-state index contributed by atoms with van der Waals surface area (Å²) in [5.74, 6) is 1.05. The summed E-state index contributed by atoms with van der Waals surface area (Å²) in [6.45, 7) is 0.516. The Morgan fingerprint density at radius 1 is 0.773 bits per heavy atom. The van der Waals surface area contributed by atoms with E-state index in [0.717, 1.165) is 0 Å². The van der Waals surface area contributed by atoms with Gasteiger partial charge in [-0.1, -0.05) is 0 Å². The molecule has 0 fully saturated rings. The molecule has 2 aromatic rings. The lowest BCUT2D eigenvalue weighted by atomic mass is 10.3. The fraction of sp³-hybridized carbons (Fsp3) is 0.308. The third-order valence-corrected chi connectivity index (χ3v) is 2.55. The van der Waals surface area contributed by atoms with E-state index in [9.17, 15) is 5.11 Å². The number of hydrogen-bond donors (Lipinski definition) is 6. The van der Waals surface area contributed by atoms with Crippen molar-refractivity contribution in [1.82, 2.24) is 15.0 Å². The molecule has 0 unspecified atom stereocenters. The van der Waals surface area contributed by atoms with Crippen LogP contribution in [0, 0.1) is 0 Å². The summed E-state index contributed by atoms with van der Waals surface area (Å²) in [7, 11) is 0. The molecule has 1 heterocycles. The molecule has 1 aromatic heterocycles. The molecule has 0 saturated carbocycles. The van der Waals surface area contributed by atoms with Crippen LogP contribution in [0.25, 0.3) is 0 Å². The van der Waals surface area contributed by atoms with Crippen LogP contribution in [0.3, 0.4) is 0 Å². The topological polar surface area (TPSA) is 135 Å². The smallest absolute Gasteiger partial charge is 0.233 e. The SMILES string of the molecule is OCCNc1nc(NCCO)nc(Nc2ccc(O)cc2)n1. The first-order chi connectivity index (χ1) is 10.7. The second kappa shape index (κ2) is 7.96. The number of aliphatic hydroxyl groups excluding tert-OH is 2. The average molecular weight is 306 g/mol. The van der Waals surface area contributed by atoms with Crippen molar-refractivity contribution in [3.63, 3.8) is 0 Å². The summed E-state index contributed by atoms with van der Waals surface area (Å²) >= 11 is 0. The van der Waals surface area contributed by atoms with Crippen LogP contribution in [-0.4, -0.2) is 56.6 Å². The van der Waals surface area contributed by atoms with Crippen molar-refractivity contribution in [2.75, 3.05) is 42.3 Å². The van der Waals surface area contributed by atoms with Crippen LogP contribution >= 0.6 is 0 Å². The number of rotatable bonds is 8. The van der Waals surface area contributed by atoms with Gasteiger partial charge in [-0.2, -0.15) is 15.0 Å². The van der Waals surface area contributed by atoms with Crippen molar-refractivity contribution in [2.24, 2.45) is 0 Å². The predicted molar refractivity (Wildman–Crippen MR) is 82.4 cm³/mol. The number of aromatic nitrogens is 3. The predicted octanol–water partition coefficient (Wildman–Crippen LogP) is 0.129. The van der Waals surface area contributed by atoms with E-state index >= 15 is 0 Å². The van der Waals surface area contributed by atoms with E-state index in [1.807, 2.05) is 0 Å². The number of aromatic hydroxyl groups is 1. The molecule has 9 nitrogen and oxygen atoms in total. The molecule has 9 heteroatoms. The minimum absolute atomic E-state index is 0.0498. The van der Waals surface area contributed by atoms with Crippen LogP contribution < -0.4 is 16.0 Å². The number of aliphatic hydroxyl groups is 2. The monoisotopic (exact) mass is 306 g/mol. The molecule has 0 aliphatic carbocycles. The first-order valence-corrected chi connectivity index (χ1v) is 6.73. The Bertz CT molecular complexity index is 567. The lowest BCUT2D eigenvalue weighted by Gasteiger charge is -2.10. The lowest BCUT2D eigenvalue weighted by molar-refractivity contribution is 0.310. The Morgan fingerprint density at radius 3 is 1.77 bits per heavy atom. The Kier molecular flexibility index (Phi) is 5.69. The highest BCUT2D eigenvalue weighted by Gasteiger charge is 2.06. The fourth-order valence-corrected chi connectivity index (χ4v) is 1.60. The summed E-state index contributed by atoms with van der Waals surface area (Å²) in [6.07, 6.45) is 0. The summed E-state index contributed by atoms with van der Waals surface area (Å²) in [4.78, 5) is 12.5. The standard InChI is InChI=1S/C13H18N6O3/c20-7-5-14-11-17-12(15-6-8-21)19-13(18-11)16-9-1-3-10(22)4-2-9/h1-4,20-22H,5-8H2,(H3,14,15,16,17,18,19). The highest BCUT2D eigenvalue weighted by Crippen LogP contribution is 2.18. The van der Waals surface area contributed by atoms with Crippen LogP contribution in [0.2, 0.25) is 0 Å². The molecule has 1 aromatic carbocycles. The Balaban J connectivity index is 2.18. The highest BCUT2D eigenvalue weighted by atomic mass is 16.3. The first-order valence-electron chi connectivity index (χ1n) is 6.73. The number of nitrogens with one attached hydrogen (secondary N) is 3. The van der Waals surface area contributed by atoms with Gasteiger partial charge in [0.15, 0.2) is 0 Å². The van der Waals surface area contributed by atoms with Gasteiger partial charge in [0, 0.05) is 18.8 Å². The molecule has 0 atom stereocenters. The lowest BCUT2D eigenvalue weighted by Crippen LogP contribution is -2.14. The number of anilines is 4. The van der Waals surface area contributed by atoms with E-state index in [1.54, 1.807) is 24.3 Å². The summed E-state index contributed by atoms with van der Waals surface area (Å²) in [5, 5.41) is 35.7. The normalized spacial score (nSPS) is 10.3. The maximum atomic E-state index is 9.27. The minimum Gasteiger partial charge on any atom is -0.508 e. The van der Waals surface area contributed by atoms with Crippen molar-refractivity contribution < 1.29 is 15.3 Å². The van der Waals surface area contributed by atoms with E-state index in [2.05, 4.69) is 30.9 Å². The van der Waals surface area contributed by atoms with Crippen molar-refractivity contribution in [2.45, 2.75) is 0 Å². The Hall–Kier alpha value is -2.65. The van der Waals surface area contributed by atoms with Crippen molar-refractivity contribution >= 4 is 23.5 Å². The van der Waals surface area contributed by atoms with E-state index in [0.29, 0.717) is 36.6 Å². The van der Waals surface area contributed by atoms with E-state index in [-0.39, 0.29) is 19.0 Å². The van der Waals surface area contributed by atoms with Gasteiger partial charge in [0.2, 0.25) is 17.8 Å². The Morgan fingerprint density at radius 2 is 1.27 bits per heavy atom. The molecule has 2 rings (SSSR count). The van der Waals surface area contributed by atoms with Crippen LogP contribution in [0.15, 0.2) is 24.3 Å². The molecular formula is C13H18N6O3. The van der Waals surface area contributed by atoms with E-state index in [1.165, 1.54) is 0 Å². The van der Waals surface area contributed by atoms with Crippen LogP contribution in [0.1, 0.15) is 0 Å². The Labute approximate surface area is 127 Å². The quantitative estimate of drug-likeness (QED) is 0.376. The number of nitrogens with zero attached hydrogens (tertiary/aromatic N) is 3. The van der Waals surface area contributed by atoms with Gasteiger partial charge in [-0.3, -0.25) is 0 Å². The van der Waals surface area contributed by atoms with Gasteiger partial charge in [-0.05, 0) is 24.3 Å². The number of phenols is 1. The zero-order chi connectivity index (χ0) is 15.8. The van der Waals surface area contributed by atoms with Crippen molar-refractivity contribution in [3.05, 3.63) is 24.3 Å². The van der Waals surface area contributed by atoms with Gasteiger partial charge in [0.25, 0.3) is 0 Å². The second-order valence-electron chi connectivity index (χ2n) is 4.28. The maximum Gasteiger partial charge on any atom is 0.233 e. The molecule has 0 saturated heterocycles. The average Bonchev–Trinajstić information content (AvgIpc) is 2.53. The molecule has 0 spiro atoms. The third-order valence-electron chi connectivity index (χ3n) is 2.55. The summed E-state index contributed by atoms with van der Waals surface area (Å²) < 4.78 is 0. The van der Waals surface area contributed by atoms with Gasteiger partial charge in [-0.15, -0.1) is 0 Å². The van der Waals surface area contributed by atoms with Crippen molar-refractivity contribution in [3.8, 4) is 5.75 Å². The minimum atomic E-state index is -0.0498. The van der Waals surface area contributed by atoms with Gasteiger partial charge >= 0.3 is 0 Å². The molecule has 118 valence electrons. The molecule has 6 N–H and O–H groups in total. The highest BCUT2D eigenvalue weighted by molar-refractivity contribution is 5.56. The molecule has 0 amide bonds. The maximum absolute atomic E-state index is 9.27. The molecular weight excluding hydrogens is 288 g/mol. The molecule has 0 radical (unpaired) electrons. The fourth-order valence-electron chi connectivity index (χ4n) is 1.60. The van der Waals surface area contributed by atoms with Gasteiger partial charge in [0.05, 0.1) is 13.2 Å². The largest absolute Gasteiger partial charge is 0.508 e. The number of hydrogen-bond acceptors (Lipinski definition) is 9. The second-order valence-corrected chi connectivity index (χ2v) is 4.28. The molecule has 22 heavy (non-hydrogen) atoms. The van der Waals surface area contributed by atoms with Crippen LogP contribution in [0.4, 0.5) is 23.5 Å². The van der Waals surface area contributed by atoms with Gasteiger partial charge < -0.3 is 31.3 Å². The van der Waals surface area contributed by atoms with E-state index in [4.69, 9.17) is 10.2 Å².